The van der Waals surface area contributed by atoms with E-state index < -0.39 is 6.10 Å². The highest BCUT2D eigenvalue weighted by Crippen LogP contribution is 2.48. The molecule has 2 aromatic carbocycles. The number of anilines is 2. The van der Waals surface area contributed by atoms with Gasteiger partial charge >= 0.3 is 0 Å². The van der Waals surface area contributed by atoms with Gasteiger partial charge < -0.3 is 19.3 Å². The number of fused-ring (bicyclic) bond motifs is 3. The molecule has 0 spiro atoms. The van der Waals surface area contributed by atoms with Gasteiger partial charge in [-0.15, -0.1) is 10.2 Å². The van der Waals surface area contributed by atoms with Crippen LogP contribution in [-0.2, 0) is 13.1 Å². The van der Waals surface area contributed by atoms with Crippen molar-refractivity contribution >= 4 is 43.2 Å². The Bertz CT molecular complexity index is 1010. The molecule has 0 bridgehead atoms. The average molecular weight is 521 g/mol. The first-order valence-electron chi connectivity index (χ1n) is 9.38. The number of aromatic nitrogens is 3. The first kappa shape index (κ1) is 19.0. The molecular formula is C20H19Br2N5O2. The van der Waals surface area contributed by atoms with Crippen LogP contribution in [0.5, 0.6) is 11.5 Å². The summed E-state index contributed by atoms with van der Waals surface area (Å²) in [5.41, 5.74) is 1.89. The van der Waals surface area contributed by atoms with Crippen molar-refractivity contribution in [2.45, 2.75) is 19.2 Å². The highest BCUT2D eigenvalue weighted by Gasteiger charge is 2.28. The van der Waals surface area contributed by atoms with E-state index in [1.807, 2.05) is 36.4 Å². The zero-order chi connectivity index (χ0) is 20.0. The van der Waals surface area contributed by atoms with Gasteiger partial charge in [-0.2, -0.15) is 0 Å². The first-order valence-corrected chi connectivity index (χ1v) is 11.0. The van der Waals surface area contributed by atoms with Gasteiger partial charge in [0, 0.05) is 28.6 Å². The van der Waals surface area contributed by atoms with Crippen molar-refractivity contribution < 1.29 is 9.84 Å². The third kappa shape index (κ3) is 3.79. The number of nitrogens with zero attached hydrogens (tertiary/aromatic N) is 5. The average Bonchev–Trinajstić information content (AvgIpc) is 3.15. The number of β-amino-alcohol motifs (C(OH)–C–C–N with tert-alkyl or cyclic N) is 1. The van der Waals surface area contributed by atoms with Gasteiger partial charge in [0.15, 0.2) is 11.5 Å². The number of benzene rings is 2. The SMILES string of the molecule is OC(CN1CCn2cnnc2C1)CN1c2ccc(Br)cc2Oc2cc(Br)ccc21. The van der Waals surface area contributed by atoms with E-state index in [2.05, 4.69) is 56.4 Å². The maximum atomic E-state index is 10.9. The van der Waals surface area contributed by atoms with Gasteiger partial charge in [0.25, 0.3) is 0 Å². The molecule has 3 aromatic rings. The van der Waals surface area contributed by atoms with Crippen LogP contribution in [0.1, 0.15) is 5.82 Å². The van der Waals surface area contributed by atoms with Crippen molar-refractivity contribution in [3.8, 4) is 11.5 Å². The van der Waals surface area contributed by atoms with E-state index in [4.69, 9.17) is 4.74 Å². The van der Waals surface area contributed by atoms with E-state index in [0.717, 1.165) is 50.7 Å². The number of halogens is 2. The number of aliphatic hydroxyl groups excluding tert-OH is 1. The second kappa shape index (κ2) is 7.71. The summed E-state index contributed by atoms with van der Waals surface area (Å²) >= 11 is 7.03. The number of aliphatic hydroxyl groups is 1. The normalized spacial score (nSPS) is 16.6. The van der Waals surface area contributed by atoms with Crippen molar-refractivity contribution in [2.24, 2.45) is 0 Å². The summed E-state index contributed by atoms with van der Waals surface area (Å²) in [4.78, 5) is 4.35. The fourth-order valence-corrected chi connectivity index (χ4v) is 4.55. The van der Waals surface area contributed by atoms with Crippen LogP contribution in [-0.4, -0.2) is 50.5 Å². The minimum atomic E-state index is -0.532. The van der Waals surface area contributed by atoms with Crippen molar-refractivity contribution in [3.05, 3.63) is 57.5 Å². The zero-order valence-electron chi connectivity index (χ0n) is 15.5. The van der Waals surface area contributed by atoms with Crippen LogP contribution in [0.15, 0.2) is 51.7 Å². The summed E-state index contributed by atoms with van der Waals surface area (Å²) in [5, 5.41) is 19.1. The standard InChI is InChI=1S/C20H19Br2N5O2/c21-13-1-3-16-18(7-13)29-19-8-14(22)2-4-17(19)27(16)10-15(28)9-25-5-6-26-12-23-24-20(26)11-25/h1-4,7-8,12,15,28H,5-6,9-11H2. The minimum absolute atomic E-state index is 0.468. The summed E-state index contributed by atoms with van der Waals surface area (Å²) in [6.07, 6.45) is 1.23. The predicted molar refractivity (Wildman–Crippen MR) is 117 cm³/mol. The molecule has 3 heterocycles. The molecule has 7 nitrogen and oxygen atoms in total. The van der Waals surface area contributed by atoms with Crippen molar-refractivity contribution in [1.82, 2.24) is 19.7 Å². The molecule has 150 valence electrons. The summed E-state index contributed by atoms with van der Waals surface area (Å²) in [5.74, 6) is 2.48. The Kier molecular flexibility index (Phi) is 5.07. The molecule has 0 saturated heterocycles. The third-order valence-electron chi connectivity index (χ3n) is 5.23. The molecule has 0 amide bonds. The van der Waals surface area contributed by atoms with Gasteiger partial charge in [-0.3, -0.25) is 4.90 Å². The van der Waals surface area contributed by atoms with Crippen molar-refractivity contribution in [3.63, 3.8) is 0 Å². The first-order chi connectivity index (χ1) is 14.1. The second-order valence-electron chi connectivity index (χ2n) is 7.27. The molecule has 2 aliphatic rings. The molecular weight excluding hydrogens is 502 g/mol. The molecule has 0 aliphatic carbocycles. The van der Waals surface area contributed by atoms with Crippen LogP contribution in [0.4, 0.5) is 11.4 Å². The van der Waals surface area contributed by atoms with E-state index in [1.165, 1.54) is 0 Å². The van der Waals surface area contributed by atoms with Gasteiger partial charge in [-0.05, 0) is 36.4 Å². The molecule has 9 heteroatoms. The molecule has 1 atom stereocenters. The van der Waals surface area contributed by atoms with E-state index in [-0.39, 0.29) is 0 Å². The fraction of sp³-hybridized carbons (Fsp3) is 0.300. The fourth-order valence-electron chi connectivity index (χ4n) is 3.87. The lowest BCUT2D eigenvalue weighted by atomic mass is 10.1. The number of hydrogen-bond donors (Lipinski definition) is 1. The van der Waals surface area contributed by atoms with Crippen LogP contribution in [0.2, 0.25) is 0 Å². The molecule has 1 aromatic heterocycles. The van der Waals surface area contributed by atoms with Crippen molar-refractivity contribution in [2.75, 3.05) is 24.5 Å². The largest absolute Gasteiger partial charge is 0.453 e. The Morgan fingerprint density at radius 1 is 1.00 bits per heavy atom. The van der Waals surface area contributed by atoms with Crippen LogP contribution in [0.3, 0.4) is 0 Å². The molecule has 2 aliphatic heterocycles. The Morgan fingerprint density at radius 2 is 1.69 bits per heavy atom. The highest BCUT2D eigenvalue weighted by atomic mass is 79.9. The molecule has 0 saturated carbocycles. The van der Waals surface area contributed by atoms with E-state index >= 15 is 0 Å². The van der Waals surface area contributed by atoms with Crippen LogP contribution >= 0.6 is 31.9 Å². The quantitative estimate of drug-likeness (QED) is 0.562. The van der Waals surface area contributed by atoms with Crippen molar-refractivity contribution in [1.29, 1.82) is 0 Å². The number of ether oxygens (including phenoxy) is 1. The lowest BCUT2D eigenvalue weighted by Crippen LogP contribution is -2.42. The Labute approximate surface area is 185 Å². The highest BCUT2D eigenvalue weighted by molar-refractivity contribution is 9.10. The smallest absolute Gasteiger partial charge is 0.152 e. The number of rotatable bonds is 4. The monoisotopic (exact) mass is 519 g/mol. The summed E-state index contributed by atoms with van der Waals surface area (Å²) in [6.45, 7) is 3.46. The molecule has 29 heavy (non-hydrogen) atoms. The maximum Gasteiger partial charge on any atom is 0.152 e. The topological polar surface area (TPSA) is 66.7 Å². The zero-order valence-corrected chi connectivity index (χ0v) is 18.7. The Morgan fingerprint density at radius 3 is 2.38 bits per heavy atom. The van der Waals surface area contributed by atoms with Gasteiger partial charge in [0.1, 0.15) is 12.2 Å². The minimum Gasteiger partial charge on any atom is -0.453 e. The van der Waals surface area contributed by atoms with Crippen LogP contribution in [0.25, 0.3) is 0 Å². The van der Waals surface area contributed by atoms with Gasteiger partial charge in [0.2, 0.25) is 0 Å². The van der Waals surface area contributed by atoms with E-state index in [9.17, 15) is 5.11 Å². The predicted octanol–water partition coefficient (Wildman–Crippen LogP) is 3.92. The van der Waals surface area contributed by atoms with Crippen LogP contribution in [0, 0.1) is 0 Å². The van der Waals surface area contributed by atoms with E-state index in [1.54, 1.807) is 6.33 Å². The lowest BCUT2D eigenvalue weighted by molar-refractivity contribution is 0.101. The van der Waals surface area contributed by atoms with E-state index in [0.29, 0.717) is 19.6 Å². The van der Waals surface area contributed by atoms with Gasteiger partial charge in [-0.1, -0.05) is 31.9 Å². The second-order valence-corrected chi connectivity index (χ2v) is 9.10. The molecule has 1 unspecified atom stereocenters. The third-order valence-corrected chi connectivity index (χ3v) is 6.21. The van der Waals surface area contributed by atoms with Gasteiger partial charge in [0.05, 0.1) is 30.6 Å². The summed E-state index contributed by atoms with van der Waals surface area (Å²) in [6, 6.07) is 11.9. The van der Waals surface area contributed by atoms with Crippen LogP contribution < -0.4 is 9.64 Å². The molecule has 1 N–H and O–H groups in total. The molecule has 0 radical (unpaired) electrons. The van der Waals surface area contributed by atoms with Gasteiger partial charge in [-0.25, -0.2) is 0 Å². The Balaban J connectivity index is 1.38. The Hall–Kier alpha value is -1.94. The molecule has 5 rings (SSSR count). The summed E-state index contributed by atoms with van der Waals surface area (Å²) in [7, 11) is 0. The lowest BCUT2D eigenvalue weighted by Gasteiger charge is -2.36. The summed E-state index contributed by atoms with van der Waals surface area (Å²) < 4.78 is 10.1. The molecule has 0 fully saturated rings. The maximum absolute atomic E-state index is 10.9. The number of hydrogen-bond acceptors (Lipinski definition) is 6.